The quantitative estimate of drug-likeness (QED) is 0.587. The summed E-state index contributed by atoms with van der Waals surface area (Å²) in [5.41, 5.74) is 1.46. The molecule has 0 aliphatic rings. The molecule has 0 aliphatic heterocycles. The summed E-state index contributed by atoms with van der Waals surface area (Å²) in [4.78, 5) is 4.05. The molecule has 0 atom stereocenters. The number of nitrogens with zero attached hydrogens (tertiary/aromatic N) is 7. The van der Waals surface area contributed by atoms with Gasteiger partial charge >= 0.3 is 0 Å². The van der Waals surface area contributed by atoms with Crippen LogP contribution in [0, 0.1) is 0 Å². The van der Waals surface area contributed by atoms with Crippen LogP contribution in [0.2, 0.25) is 0 Å². The van der Waals surface area contributed by atoms with Gasteiger partial charge in [-0.2, -0.15) is 10.4 Å². The van der Waals surface area contributed by atoms with E-state index >= 15 is 0 Å². The van der Waals surface area contributed by atoms with Crippen LogP contribution in [0.25, 0.3) is 22.8 Å². The predicted molar refractivity (Wildman–Crippen MR) is 50.6 cm³/mol. The molecule has 0 amide bonds. The minimum Gasteiger partial charge on any atom is -0.263 e. The Morgan fingerprint density at radius 1 is 0.812 bits per heavy atom. The number of pyridine rings is 1. The Labute approximate surface area is 88.3 Å². The standard InChI is InChI=1S/C7H5N9/c1-4(6-9-13-14-10-6)2-8-3-5(1)7-11-15-16-12-7/h1-3H,(H,9,10,13,14)(H,11,12,15,16). The molecule has 0 saturated heterocycles. The van der Waals surface area contributed by atoms with Crippen LogP contribution in [0.3, 0.4) is 0 Å². The summed E-state index contributed by atoms with van der Waals surface area (Å²) in [6.45, 7) is 0. The van der Waals surface area contributed by atoms with Crippen LogP contribution in [0.5, 0.6) is 0 Å². The highest BCUT2D eigenvalue weighted by atomic mass is 15.5. The highest BCUT2D eigenvalue weighted by Crippen LogP contribution is 2.18. The van der Waals surface area contributed by atoms with E-state index < -0.39 is 0 Å². The first-order valence-corrected chi connectivity index (χ1v) is 4.36. The van der Waals surface area contributed by atoms with Gasteiger partial charge in [-0.25, -0.2) is 0 Å². The van der Waals surface area contributed by atoms with Gasteiger partial charge in [-0.1, -0.05) is 0 Å². The van der Waals surface area contributed by atoms with Gasteiger partial charge < -0.3 is 0 Å². The van der Waals surface area contributed by atoms with Crippen molar-refractivity contribution in [3.05, 3.63) is 18.5 Å². The molecule has 3 aromatic rings. The fraction of sp³-hybridized carbons (Fsp3) is 0. The van der Waals surface area contributed by atoms with Crippen LogP contribution >= 0.6 is 0 Å². The summed E-state index contributed by atoms with van der Waals surface area (Å²) in [6, 6.07) is 1.81. The second-order valence-electron chi connectivity index (χ2n) is 2.93. The molecule has 16 heavy (non-hydrogen) atoms. The van der Waals surface area contributed by atoms with Gasteiger partial charge in [0.15, 0.2) is 0 Å². The molecule has 0 saturated carbocycles. The Morgan fingerprint density at radius 3 is 1.81 bits per heavy atom. The maximum absolute atomic E-state index is 4.05. The SMILES string of the molecule is c1ncc(-c2nn[nH]n2)cc1-c1nn[nH]n1. The van der Waals surface area contributed by atoms with E-state index in [4.69, 9.17) is 0 Å². The molecule has 3 aromatic heterocycles. The first-order valence-electron chi connectivity index (χ1n) is 4.36. The monoisotopic (exact) mass is 215 g/mol. The molecule has 0 unspecified atom stereocenters. The van der Waals surface area contributed by atoms with E-state index in [9.17, 15) is 0 Å². The Balaban J connectivity index is 2.07. The Bertz CT molecular complexity index is 520. The number of tetrazole rings is 2. The van der Waals surface area contributed by atoms with Crippen molar-refractivity contribution in [2.75, 3.05) is 0 Å². The van der Waals surface area contributed by atoms with Crippen molar-refractivity contribution in [2.45, 2.75) is 0 Å². The number of hydrogen-bond donors (Lipinski definition) is 2. The molecule has 0 spiro atoms. The maximum atomic E-state index is 4.05. The van der Waals surface area contributed by atoms with Gasteiger partial charge in [-0.3, -0.25) is 4.98 Å². The summed E-state index contributed by atoms with van der Waals surface area (Å²) in [5, 5.41) is 27.1. The molecule has 9 heteroatoms. The lowest BCUT2D eigenvalue weighted by molar-refractivity contribution is 0.881. The largest absolute Gasteiger partial charge is 0.263 e. The van der Waals surface area contributed by atoms with Crippen molar-refractivity contribution >= 4 is 0 Å². The zero-order chi connectivity index (χ0) is 10.8. The molecule has 3 heterocycles. The number of aromatic amines is 2. The molecule has 0 bridgehead atoms. The Morgan fingerprint density at radius 2 is 1.38 bits per heavy atom. The second kappa shape index (κ2) is 3.46. The van der Waals surface area contributed by atoms with Crippen molar-refractivity contribution in [3.8, 4) is 22.8 Å². The number of nitrogens with one attached hydrogen (secondary N) is 2. The molecule has 2 N–H and O–H groups in total. The first-order chi connectivity index (χ1) is 7.93. The van der Waals surface area contributed by atoms with Crippen LogP contribution in [-0.4, -0.2) is 46.2 Å². The Kier molecular flexibility index (Phi) is 1.85. The fourth-order valence-electron chi connectivity index (χ4n) is 1.25. The molecular formula is C7H5N9. The fourth-order valence-corrected chi connectivity index (χ4v) is 1.25. The van der Waals surface area contributed by atoms with E-state index in [1.54, 1.807) is 12.4 Å². The lowest BCUT2D eigenvalue weighted by atomic mass is 10.2. The third-order valence-electron chi connectivity index (χ3n) is 1.95. The number of hydrogen-bond acceptors (Lipinski definition) is 7. The second-order valence-corrected chi connectivity index (χ2v) is 2.93. The average molecular weight is 215 g/mol. The Hall–Kier alpha value is -2.71. The zero-order valence-electron chi connectivity index (χ0n) is 7.86. The molecule has 3 rings (SSSR count). The van der Waals surface area contributed by atoms with Gasteiger partial charge in [-0.15, -0.1) is 20.4 Å². The minimum absolute atomic E-state index is 0.470. The predicted octanol–water partition coefficient (Wildman–Crippen LogP) is -0.558. The summed E-state index contributed by atoms with van der Waals surface area (Å²) in [7, 11) is 0. The normalized spacial score (nSPS) is 10.5. The van der Waals surface area contributed by atoms with Crippen LogP contribution in [0.4, 0.5) is 0 Å². The maximum Gasteiger partial charge on any atom is 0.206 e. The first kappa shape index (κ1) is 8.59. The molecule has 0 fully saturated rings. The van der Waals surface area contributed by atoms with Gasteiger partial charge in [0.2, 0.25) is 11.6 Å². The van der Waals surface area contributed by atoms with Gasteiger partial charge in [0.25, 0.3) is 0 Å². The van der Waals surface area contributed by atoms with Crippen molar-refractivity contribution < 1.29 is 0 Å². The van der Waals surface area contributed by atoms with Crippen LogP contribution in [0.15, 0.2) is 18.5 Å². The van der Waals surface area contributed by atoms with E-state index in [0.29, 0.717) is 11.6 Å². The van der Waals surface area contributed by atoms with Gasteiger partial charge in [0.05, 0.1) is 0 Å². The molecular weight excluding hydrogens is 210 g/mol. The lowest BCUT2D eigenvalue weighted by Crippen LogP contribution is -1.87. The van der Waals surface area contributed by atoms with Gasteiger partial charge in [-0.05, 0) is 16.5 Å². The van der Waals surface area contributed by atoms with Crippen LogP contribution in [0.1, 0.15) is 0 Å². The van der Waals surface area contributed by atoms with Gasteiger partial charge in [0.1, 0.15) is 0 Å². The highest BCUT2D eigenvalue weighted by Gasteiger charge is 2.08. The molecule has 0 aliphatic carbocycles. The number of aromatic nitrogens is 9. The minimum atomic E-state index is 0.470. The molecule has 78 valence electrons. The van der Waals surface area contributed by atoms with Crippen LogP contribution < -0.4 is 0 Å². The molecule has 0 aromatic carbocycles. The number of rotatable bonds is 2. The zero-order valence-corrected chi connectivity index (χ0v) is 7.86. The van der Waals surface area contributed by atoms with Crippen LogP contribution in [-0.2, 0) is 0 Å². The van der Waals surface area contributed by atoms with E-state index in [1.165, 1.54) is 0 Å². The third kappa shape index (κ3) is 1.39. The van der Waals surface area contributed by atoms with E-state index in [2.05, 4.69) is 46.2 Å². The van der Waals surface area contributed by atoms with Crippen molar-refractivity contribution in [3.63, 3.8) is 0 Å². The smallest absolute Gasteiger partial charge is 0.206 e. The summed E-state index contributed by atoms with van der Waals surface area (Å²) in [6.07, 6.45) is 3.27. The third-order valence-corrected chi connectivity index (χ3v) is 1.95. The van der Waals surface area contributed by atoms with E-state index in [-0.39, 0.29) is 0 Å². The number of H-pyrrole nitrogens is 2. The molecule has 9 nitrogen and oxygen atoms in total. The van der Waals surface area contributed by atoms with E-state index in [1.807, 2.05) is 6.07 Å². The topological polar surface area (TPSA) is 122 Å². The van der Waals surface area contributed by atoms with Crippen molar-refractivity contribution in [1.82, 2.24) is 46.2 Å². The lowest BCUT2D eigenvalue weighted by Gasteiger charge is -1.96. The molecule has 0 radical (unpaired) electrons. The summed E-state index contributed by atoms with van der Waals surface area (Å²) in [5.74, 6) is 0.940. The van der Waals surface area contributed by atoms with Crippen molar-refractivity contribution in [2.24, 2.45) is 0 Å². The summed E-state index contributed by atoms with van der Waals surface area (Å²) >= 11 is 0. The average Bonchev–Trinajstić information content (AvgIpc) is 3.03. The summed E-state index contributed by atoms with van der Waals surface area (Å²) < 4.78 is 0. The van der Waals surface area contributed by atoms with Crippen molar-refractivity contribution in [1.29, 1.82) is 0 Å². The van der Waals surface area contributed by atoms with E-state index in [0.717, 1.165) is 11.1 Å². The highest BCUT2D eigenvalue weighted by molar-refractivity contribution is 5.63. The van der Waals surface area contributed by atoms with Gasteiger partial charge in [0, 0.05) is 23.5 Å².